The molecule has 1 aromatic heterocycles. The normalized spacial score (nSPS) is 12.4. The molecule has 4 aromatic rings. The summed E-state index contributed by atoms with van der Waals surface area (Å²) in [5, 5.41) is 2.73. The molecule has 1 nitrogen and oxygen atoms in total. The number of fused-ring (bicyclic) bond motifs is 3. The van der Waals surface area contributed by atoms with E-state index in [1.807, 2.05) is 0 Å². The fraction of sp³-hybridized carbons (Fsp3) is 0.280. The number of hydrogen-bond acceptors (Lipinski definition) is 0. The van der Waals surface area contributed by atoms with E-state index in [1.54, 1.807) is 0 Å². The van der Waals surface area contributed by atoms with E-state index in [0.29, 0.717) is 5.92 Å². The fourth-order valence-electron chi connectivity index (χ4n) is 3.92. The van der Waals surface area contributed by atoms with Crippen LogP contribution < -0.4 is 0 Å². The van der Waals surface area contributed by atoms with Crippen LogP contribution in [-0.2, 0) is 5.41 Å². The lowest BCUT2D eigenvalue weighted by Crippen LogP contribution is -2.10. The highest BCUT2D eigenvalue weighted by Crippen LogP contribution is 2.37. The minimum Gasteiger partial charge on any atom is -0.309 e. The predicted octanol–water partition coefficient (Wildman–Crippen LogP) is 7.20. The van der Waals surface area contributed by atoms with Gasteiger partial charge < -0.3 is 4.57 Å². The summed E-state index contributed by atoms with van der Waals surface area (Å²) in [5.41, 5.74) is 6.75. The first kappa shape index (κ1) is 16.9. The lowest BCUT2D eigenvalue weighted by Gasteiger charge is -2.19. The molecule has 0 atom stereocenters. The fourth-order valence-corrected chi connectivity index (χ4v) is 3.92. The van der Waals surface area contributed by atoms with E-state index in [-0.39, 0.29) is 5.41 Å². The zero-order valence-electron chi connectivity index (χ0n) is 16.4. The summed E-state index contributed by atoms with van der Waals surface area (Å²) in [6.45, 7) is 11.3. The summed E-state index contributed by atoms with van der Waals surface area (Å²) >= 11 is 0. The average molecular weight is 341 g/mol. The Balaban J connectivity index is 2.04. The highest BCUT2D eigenvalue weighted by Gasteiger charge is 2.17. The number of rotatable bonds is 2. The third-order valence-electron chi connectivity index (χ3n) is 5.34. The van der Waals surface area contributed by atoms with Gasteiger partial charge >= 0.3 is 0 Å². The Labute approximate surface area is 156 Å². The molecule has 132 valence electrons. The molecule has 0 saturated carbocycles. The van der Waals surface area contributed by atoms with Gasteiger partial charge in [-0.3, -0.25) is 0 Å². The molecule has 0 unspecified atom stereocenters. The molecule has 1 heteroatoms. The maximum absolute atomic E-state index is 2.41. The Kier molecular flexibility index (Phi) is 3.91. The van der Waals surface area contributed by atoms with Crippen LogP contribution in [0.1, 0.15) is 51.7 Å². The molecule has 1 heterocycles. The van der Waals surface area contributed by atoms with Crippen molar-refractivity contribution >= 4 is 21.8 Å². The second-order valence-corrected chi connectivity index (χ2v) is 8.55. The highest BCUT2D eigenvalue weighted by molar-refractivity contribution is 6.11. The van der Waals surface area contributed by atoms with Crippen LogP contribution in [0.4, 0.5) is 0 Å². The zero-order chi connectivity index (χ0) is 18.5. The minimum atomic E-state index is 0.171. The van der Waals surface area contributed by atoms with E-state index in [4.69, 9.17) is 0 Å². The smallest absolute Gasteiger partial charge is 0.0543 e. The van der Waals surface area contributed by atoms with Crippen LogP contribution in [0.2, 0.25) is 0 Å². The van der Waals surface area contributed by atoms with Gasteiger partial charge in [-0.1, -0.05) is 77.1 Å². The largest absolute Gasteiger partial charge is 0.309 e. The lowest BCUT2D eigenvalue weighted by molar-refractivity contribution is 0.590. The van der Waals surface area contributed by atoms with Crippen molar-refractivity contribution in [2.24, 2.45) is 0 Å². The van der Waals surface area contributed by atoms with Crippen LogP contribution in [-0.4, -0.2) is 4.57 Å². The van der Waals surface area contributed by atoms with Crippen molar-refractivity contribution in [3.63, 3.8) is 0 Å². The zero-order valence-corrected chi connectivity index (χ0v) is 16.4. The quantitative estimate of drug-likeness (QED) is 0.363. The van der Waals surface area contributed by atoms with Gasteiger partial charge in [-0.25, -0.2) is 0 Å². The van der Waals surface area contributed by atoms with Crippen LogP contribution in [0.5, 0.6) is 0 Å². The Hall–Kier alpha value is -2.54. The standard InChI is InChI=1S/C25H27N/c1-17(2)20-10-8-12-23-24(20)21-9-6-7-11-22(21)26(23)19-15-13-18(14-16-19)25(3,4)5/h6-17H,1-5H3. The minimum absolute atomic E-state index is 0.171. The first-order chi connectivity index (χ1) is 12.4. The van der Waals surface area contributed by atoms with Crippen LogP contribution in [0.3, 0.4) is 0 Å². The molecule has 0 saturated heterocycles. The van der Waals surface area contributed by atoms with Gasteiger partial charge in [0.25, 0.3) is 0 Å². The molecular weight excluding hydrogens is 314 g/mol. The number of aromatic nitrogens is 1. The second-order valence-electron chi connectivity index (χ2n) is 8.55. The van der Waals surface area contributed by atoms with Crippen molar-refractivity contribution in [1.29, 1.82) is 0 Å². The number of hydrogen-bond donors (Lipinski definition) is 0. The van der Waals surface area contributed by atoms with Gasteiger partial charge in [-0.05, 0) is 46.7 Å². The second kappa shape index (κ2) is 6.02. The van der Waals surface area contributed by atoms with Gasteiger partial charge in [-0.2, -0.15) is 0 Å². The van der Waals surface area contributed by atoms with Gasteiger partial charge in [-0.15, -0.1) is 0 Å². The molecule has 0 fully saturated rings. The van der Waals surface area contributed by atoms with E-state index in [0.717, 1.165) is 0 Å². The van der Waals surface area contributed by atoms with Gasteiger partial charge in [0.15, 0.2) is 0 Å². The van der Waals surface area contributed by atoms with Crippen molar-refractivity contribution in [2.45, 2.75) is 46.0 Å². The van der Waals surface area contributed by atoms with E-state index in [1.165, 1.54) is 38.6 Å². The number of benzene rings is 3. The first-order valence-corrected chi connectivity index (χ1v) is 9.51. The number of nitrogens with zero attached hydrogens (tertiary/aromatic N) is 1. The predicted molar refractivity (Wildman–Crippen MR) is 114 cm³/mol. The molecular formula is C25H27N. The lowest BCUT2D eigenvalue weighted by atomic mass is 9.87. The summed E-state index contributed by atoms with van der Waals surface area (Å²) in [5.74, 6) is 0.501. The molecule has 3 aromatic carbocycles. The summed E-state index contributed by atoms with van der Waals surface area (Å²) in [6, 6.07) is 24.5. The maximum atomic E-state index is 2.41. The van der Waals surface area contributed by atoms with Crippen molar-refractivity contribution < 1.29 is 0 Å². The van der Waals surface area contributed by atoms with Crippen LogP contribution >= 0.6 is 0 Å². The third kappa shape index (κ3) is 2.63. The average Bonchev–Trinajstić information content (AvgIpc) is 2.95. The molecule has 0 radical (unpaired) electrons. The van der Waals surface area contributed by atoms with E-state index >= 15 is 0 Å². The molecule has 0 aliphatic carbocycles. The Morgan fingerprint density at radius 1 is 0.731 bits per heavy atom. The van der Waals surface area contributed by atoms with E-state index in [2.05, 4.69) is 106 Å². The van der Waals surface area contributed by atoms with Crippen LogP contribution in [0.15, 0.2) is 66.7 Å². The van der Waals surface area contributed by atoms with Gasteiger partial charge in [0.1, 0.15) is 0 Å². The topological polar surface area (TPSA) is 4.93 Å². The summed E-state index contributed by atoms with van der Waals surface area (Å²) in [7, 11) is 0. The maximum Gasteiger partial charge on any atom is 0.0543 e. The Morgan fingerprint density at radius 2 is 1.38 bits per heavy atom. The molecule has 0 aliphatic rings. The SMILES string of the molecule is CC(C)c1cccc2c1c1ccccc1n2-c1ccc(C(C)(C)C)cc1. The summed E-state index contributed by atoms with van der Waals surface area (Å²) in [6.07, 6.45) is 0. The van der Waals surface area contributed by atoms with Crippen molar-refractivity contribution in [3.8, 4) is 5.69 Å². The number of para-hydroxylation sites is 1. The molecule has 0 amide bonds. The molecule has 0 bridgehead atoms. The van der Waals surface area contributed by atoms with Gasteiger partial charge in [0.2, 0.25) is 0 Å². The van der Waals surface area contributed by atoms with Crippen LogP contribution in [0, 0.1) is 0 Å². The van der Waals surface area contributed by atoms with Gasteiger partial charge in [0.05, 0.1) is 11.0 Å². The Morgan fingerprint density at radius 3 is 2.04 bits per heavy atom. The summed E-state index contributed by atoms with van der Waals surface area (Å²) in [4.78, 5) is 0. The van der Waals surface area contributed by atoms with E-state index < -0.39 is 0 Å². The van der Waals surface area contributed by atoms with Gasteiger partial charge in [0, 0.05) is 16.5 Å². The third-order valence-corrected chi connectivity index (χ3v) is 5.34. The molecule has 0 spiro atoms. The first-order valence-electron chi connectivity index (χ1n) is 9.51. The van der Waals surface area contributed by atoms with Crippen molar-refractivity contribution in [3.05, 3.63) is 77.9 Å². The van der Waals surface area contributed by atoms with E-state index in [9.17, 15) is 0 Å². The molecule has 4 rings (SSSR count). The van der Waals surface area contributed by atoms with Crippen LogP contribution in [0.25, 0.3) is 27.5 Å². The molecule has 0 N–H and O–H groups in total. The Bertz CT molecular complexity index is 1070. The molecule has 0 aliphatic heterocycles. The monoisotopic (exact) mass is 341 g/mol. The van der Waals surface area contributed by atoms with Crippen molar-refractivity contribution in [2.75, 3.05) is 0 Å². The summed E-state index contributed by atoms with van der Waals surface area (Å²) < 4.78 is 2.41. The molecule has 26 heavy (non-hydrogen) atoms. The van der Waals surface area contributed by atoms with Crippen molar-refractivity contribution in [1.82, 2.24) is 4.57 Å². The highest BCUT2D eigenvalue weighted by atomic mass is 15.0.